The molecule has 0 saturated carbocycles. The highest BCUT2D eigenvalue weighted by molar-refractivity contribution is 5.82. The maximum atomic E-state index is 5.58. The van der Waals surface area contributed by atoms with Crippen LogP contribution in [0.25, 0.3) is 10.9 Å². The van der Waals surface area contributed by atoms with E-state index in [4.69, 9.17) is 5.73 Å². The maximum absolute atomic E-state index is 5.58. The fourth-order valence-electron chi connectivity index (χ4n) is 1.38. The first-order chi connectivity index (χ1) is 7.68. The van der Waals surface area contributed by atoms with Gasteiger partial charge in [0.25, 0.3) is 0 Å². The Morgan fingerprint density at radius 1 is 1.12 bits per heavy atom. The largest absolute Gasteiger partial charge is 0.384 e. The van der Waals surface area contributed by atoms with Crippen LogP contribution in [0.1, 0.15) is 33.4 Å². The summed E-state index contributed by atoms with van der Waals surface area (Å²) in [6, 6.07) is 3.99. The molecule has 0 spiro atoms. The van der Waals surface area contributed by atoms with Gasteiger partial charge in [-0.25, -0.2) is 4.98 Å². The Kier molecular flexibility index (Phi) is 6.23. The lowest BCUT2D eigenvalue weighted by Crippen LogP contribution is -1.92. The normalized spacial score (nSPS) is 8.88. The average molecular weight is 221 g/mol. The first-order valence-electron chi connectivity index (χ1n) is 5.86. The van der Waals surface area contributed by atoms with E-state index in [-0.39, 0.29) is 0 Å². The van der Waals surface area contributed by atoms with E-state index in [0.29, 0.717) is 5.82 Å². The van der Waals surface area contributed by atoms with Gasteiger partial charge in [-0.15, -0.1) is 0 Å². The summed E-state index contributed by atoms with van der Waals surface area (Å²) in [6.07, 6.45) is 1.80. The Balaban J connectivity index is 0.000000509. The van der Waals surface area contributed by atoms with Crippen LogP contribution in [0, 0.1) is 6.92 Å². The predicted octanol–water partition coefficient (Wildman–Crippen LogP) is 3.52. The molecular formula is C13H23N3. The van der Waals surface area contributed by atoms with E-state index in [1.165, 1.54) is 5.69 Å². The molecule has 0 bridgehead atoms. The average Bonchev–Trinajstić information content (AvgIpc) is 2.61. The summed E-state index contributed by atoms with van der Waals surface area (Å²) in [5.74, 6) is 0.573. The van der Waals surface area contributed by atoms with E-state index in [1.807, 2.05) is 40.8 Å². The Hall–Kier alpha value is -1.51. The number of hydrogen-bond donors (Lipinski definition) is 1. The van der Waals surface area contributed by atoms with Crippen molar-refractivity contribution in [2.45, 2.75) is 34.6 Å². The standard InChI is InChI=1S/C9H11N3.2C2H6/c1-6-3-7-5-11-9(10)4-8(7)12(6)2;2*1-2/h3-5H,1-2H3,(H2,10,11);2*1-2H3. The Bertz CT molecular complexity index is 430. The van der Waals surface area contributed by atoms with E-state index in [0.717, 1.165) is 10.9 Å². The Morgan fingerprint density at radius 2 is 1.69 bits per heavy atom. The number of nitrogens with zero attached hydrogens (tertiary/aromatic N) is 2. The molecule has 90 valence electrons. The summed E-state index contributed by atoms with van der Waals surface area (Å²) in [6.45, 7) is 10.1. The quantitative estimate of drug-likeness (QED) is 0.739. The van der Waals surface area contributed by atoms with Crippen LogP contribution in [0.15, 0.2) is 18.3 Å². The number of rotatable bonds is 0. The van der Waals surface area contributed by atoms with Gasteiger partial charge in [-0.1, -0.05) is 27.7 Å². The van der Waals surface area contributed by atoms with Crippen molar-refractivity contribution < 1.29 is 0 Å². The lowest BCUT2D eigenvalue weighted by molar-refractivity contribution is 0.918. The van der Waals surface area contributed by atoms with Gasteiger partial charge < -0.3 is 10.3 Å². The molecule has 0 saturated heterocycles. The number of aryl methyl sites for hydroxylation is 2. The van der Waals surface area contributed by atoms with Gasteiger partial charge in [-0.05, 0) is 13.0 Å². The molecule has 0 aliphatic carbocycles. The highest BCUT2D eigenvalue weighted by atomic mass is 15.0. The van der Waals surface area contributed by atoms with Crippen molar-refractivity contribution in [2.24, 2.45) is 7.05 Å². The van der Waals surface area contributed by atoms with Crippen molar-refractivity contribution in [3.63, 3.8) is 0 Å². The second-order valence-corrected chi connectivity index (χ2v) is 3.01. The number of pyridine rings is 1. The molecule has 2 aromatic heterocycles. The summed E-state index contributed by atoms with van der Waals surface area (Å²) < 4.78 is 2.10. The molecule has 16 heavy (non-hydrogen) atoms. The minimum atomic E-state index is 0.573. The molecule has 0 aliphatic heterocycles. The van der Waals surface area contributed by atoms with Crippen molar-refractivity contribution in [2.75, 3.05) is 5.73 Å². The van der Waals surface area contributed by atoms with Crippen LogP contribution in [0.4, 0.5) is 5.82 Å². The summed E-state index contributed by atoms with van der Waals surface area (Å²) in [7, 11) is 2.02. The summed E-state index contributed by atoms with van der Waals surface area (Å²) in [5, 5.41) is 1.14. The van der Waals surface area contributed by atoms with E-state index in [9.17, 15) is 0 Å². The highest BCUT2D eigenvalue weighted by Crippen LogP contribution is 2.18. The summed E-state index contributed by atoms with van der Waals surface area (Å²) in [4.78, 5) is 4.03. The predicted molar refractivity (Wildman–Crippen MR) is 72.6 cm³/mol. The molecule has 0 atom stereocenters. The number of nitrogen functional groups attached to an aromatic ring is 1. The zero-order chi connectivity index (χ0) is 12.7. The van der Waals surface area contributed by atoms with Crippen LogP contribution in [-0.4, -0.2) is 9.55 Å². The van der Waals surface area contributed by atoms with Gasteiger partial charge in [0.2, 0.25) is 0 Å². The highest BCUT2D eigenvalue weighted by Gasteiger charge is 2.01. The van der Waals surface area contributed by atoms with Crippen LogP contribution in [0.2, 0.25) is 0 Å². The van der Waals surface area contributed by atoms with Gasteiger partial charge in [0, 0.05) is 30.4 Å². The van der Waals surface area contributed by atoms with Crippen LogP contribution >= 0.6 is 0 Å². The SMILES string of the molecule is CC.CC.Cc1cc2cnc(N)cc2n1C. The molecule has 2 N–H and O–H groups in total. The molecule has 0 aliphatic rings. The third-order valence-corrected chi connectivity index (χ3v) is 2.19. The minimum absolute atomic E-state index is 0.573. The van der Waals surface area contributed by atoms with Crippen LogP contribution in [0.5, 0.6) is 0 Å². The number of fused-ring (bicyclic) bond motifs is 1. The molecule has 0 unspecified atom stereocenters. The van der Waals surface area contributed by atoms with Gasteiger partial charge in [0.15, 0.2) is 0 Å². The summed E-state index contributed by atoms with van der Waals surface area (Å²) in [5.41, 5.74) is 7.94. The second-order valence-electron chi connectivity index (χ2n) is 3.01. The van der Waals surface area contributed by atoms with Crippen LogP contribution < -0.4 is 5.73 Å². The van der Waals surface area contributed by atoms with Gasteiger partial charge >= 0.3 is 0 Å². The van der Waals surface area contributed by atoms with Gasteiger partial charge in [0.05, 0.1) is 5.52 Å². The Labute approximate surface area is 98.3 Å². The third-order valence-electron chi connectivity index (χ3n) is 2.19. The molecule has 2 aromatic rings. The molecule has 3 heteroatoms. The Morgan fingerprint density at radius 3 is 2.25 bits per heavy atom. The van der Waals surface area contributed by atoms with Gasteiger partial charge in [-0.3, -0.25) is 0 Å². The minimum Gasteiger partial charge on any atom is -0.384 e. The topological polar surface area (TPSA) is 43.8 Å². The fourth-order valence-corrected chi connectivity index (χ4v) is 1.38. The molecule has 3 nitrogen and oxygen atoms in total. The van der Waals surface area contributed by atoms with Crippen molar-refractivity contribution in [1.29, 1.82) is 0 Å². The van der Waals surface area contributed by atoms with Gasteiger partial charge in [0.1, 0.15) is 5.82 Å². The molecule has 0 aromatic carbocycles. The van der Waals surface area contributed by atoms with Crippen molar-refractivity contribution in [3.8, 4) is 0 Å². The van der Waals surface area contributed by atoms with Crippen LogP contribution in [0.3, 0.4) is 0 Å². The number of aromatic nitrogens is 2. The van der Waals surface area contributed by atoms with Crippen molar-refractivity contribution >= 4 is 16.7 Å². The molecule has 2 rings (SSSR count). The summed E-state index contributed by atoms with van der Waals surface area (Å²) >= 11 is 0. The number of hydrogen-bond acceptors (Lipinski definition) is 2. The van der Waals surface area contributed by atoms with Gasteiger partial charge in [-0.2, -0.15) is 0 Å². The lowest BCUT2D eigenvalue weighted by atomic mass is 10.3. The van der Waals surface area contributed by atoms with E-state index >= 15 is 0 Å². The molecule has 0 amide bonds. The van der Waals surface area contributed by atoms with Crippen molar-refractivity contribution in [3.05, 3.63) is 24.0 Å². The monoisotopic (exact) mass is 221 g/mol. The second kappa shape index (κ2) is 6.88. The molecule has 0 radical (unpaired) electrons. The maximum Gasteiger partial charge on any atom is 0.125 e. The van der Waals surface area contributed by atoms with Crippen LogP contribution in [-0.2, 0) is 7.05 Å². The third kappa shape index (κ3) is 2.99. The first-order valence-corrected chi connectivity index (χ1v) is 5.86. The molecular weight excluding hydrogens is 198 g/mol. The molecule has 0 fully saturated rings. The first kappa shape index (κ1) is 14.5. The lowest BCUT2D eigenvalue weighted by Gasteiger charge is -1.98. The van der Waals surface area contributed by atoms with E-state index in [2.05, 4.69) is 22.5 Å². The van der Waals surface area contributed by atoms with Crippen molar-refractivity contribution in [1.82, 2.24) is 9.55 Å². The van der Waals surface area contributed by atoms with E-state index in [1.54, 1.807) is 6.20 Å². The fraction of sp³-hybridized carbons (Fsp3) is 0.462. The number of nitrogens with two attached hydrogens (primary N) is 1. The van der Waals surface area contributed by atoms with E-state index < -0.39 is 0 Å². The zero-order valence-electron chi connectivity index (χ0n) is 11.2. The molecule has 2 heterocycles. The smallest absolute Gasteiger partial charge is 0.125 e. The number of anilines is 1. The zero-order valence-corrected chi connectivity index (χ0v) is 11.2.